The van der Waals surface area contributed by atoms with Crippen LogP contribution in [0.3, 0.4) is 0 Å². The lowest BCUT2D eigenvalue weighted by Crippen LogP contribution is -2.38. The van der Waals surface area contributed by atoms with Crippen molar-refractivity contribution in [2.24, 2.45) is 5.73 Å². The minimum absolute atomic E-state index is 0.718. The summed E-state index contributed by atoms with van der Waals surface area (Å²) in [5.74, 6) is 0. The van der Waals surface area contributed by atoms with Gasteiger partial charge in [-0.3, -0.25) is 0 Å². The number of nitrogens with two attached hydrogens (primary N) is 1. The van der Waals surface area contributed by atoms with E-state index in [9.17, 15) is 0 Å². The van der Waals surface area contributed by atoms with E-state index in [2.05, 4.69) is 25.5 Å². The van der Waals surface area contributed by atoms with Gasteiger partial charge in [-0.1, -0.05) is 0 Å². The second-order valence-electron chi connectivity index (χ2n) is 4.59. The monoisotopic (exact) mass is 248 g/mol. The Balaban J connectivity index is 3.61. The standard InChI is InChI=1S/C11H28N2O2Si/c1-13(2)9-5-6-10-15-16(4,14-3)11-7-8-12/h5-12H2,1-4H3. The van der Waals surface area contributed by atoms with Crippen LogP contribution >= 0.6 is 0 Å². The van der Waals surface area contributed by atoms with E-state index in [0.717, 1.165) is 38.6 Å². The SMILES string of the molecule is CO[Si](C)(CCCN)OCCCCN(C)C. The largest absolute Gasteiger partial charge is 0.398 e. The lowest BCUT2D eigenvalue weighted by atomic mass is 10.3. The summed E-state index contributed by atoms with van der Waals surface area (Å²) in [5.41, 5.74) is 5.51. The minimum Gasteiger partial charge on any atom is -0.398 e. The molecule has 5 heteroatoms. The van der Waals surface area contributed by atoms with Gasteiger partial charge in [0, 0.05) is 13.7 Å². The molecule has 0 saturated heterocycles. The first-order chi connectivity index (χ1) is 7.54. The van der Waals surface area contributed by atoms with E-state index in [1.54, 1.807) is 7.11 Å². The molecule has 0 heterocycles. The highest BCUT2D eigenvalue weighted by molar-refractivity contribution is 6.65. The fraction of sp³-hybridized carbons (Fsp3) is 1.00. The summed E-state index contributed by atoms with van der Waals surface area (Å²) < 4.78 is 11.4. The molecule has 16 heavy (non-hydrogen) atoms. The summed E-state index contributed by atoms with van der Waals surface area (Å²) in [5, 5.41) is 0. The first-order valence-corrected chi connectivity index (χ1v) is 8.60. The molecular weight excluding hydrogens is 220 g/mol. The quantitative estimate of drug-likeness (QED) is 0.469. The van der Waals surface area contributed by atoms with Crippen molar-refractivity contribution in [1.82, 2.24) is 4.90 Å². The molecule has 0 aromatic carbocycles. The van der Waals surface area contributed by atoms with Crippen LogP contribution in [0.5, 0.6) is 0 Å². The second kappa shape index (κ2) is 9.12. The van der Waals surface area contributed by atoms with E-state index in [1.807, 2.05) is 0 Å². The van der Waals surface area contributed by atoms with Crippen molar-refractivity contribution in [3.8, 4) is 0 Å². The lowest BCUT2D eigenvalue weighted by molar-refractivity contribution is 0.197. The van der Waals surface area contributed by atoms with Crippen molar-refractivity contribution in [3.63, 3.8) is 0 Å². The molecule has 0 aliphatic heterocycles. The van der Waals surface area contributed by atoms with E-state index >= 15 is 0 Å². The van der Waals surface area contributed by atoms with Gasteiger partial charge in [-0.15, -0.1) is 0 Å². The maximum Gasteiger partial charge on any atom is 0.334 e. The summed E-state index contributed by atoms with van der Waals surface area (Å²) in [4.78, 5) is 2.20. The Kier molecular flexibility index (Phi) is 9.16. The maximum atomic E-state index is 5.91. The van der Waals surface area contributed by atoms with Crippen LogP contribution in [0.15, 0.2) is 0 Å². The fourth-order valence-corrected chi connectivity index (χ4v) is 3.36. The Bertz CT molecular complexity index is 170. The third-order valence-electron chi connectivity index (χ3n) is 2.67. The molecule has 0 spiro atoms. The third kappa shape index (κ3) is 8.24. The first kappa shape index (κ1) is 16.1. The molecule has 4 nitrogen and oxygen atoms in total. The van der Waals surface area contributed by atoms with Gasteiger partial charge in [0.25, 0.3) is 0 Å². The highest BCUT2D eigenvalue weighted by Crippen LogP contribution is 2.14. The van der Waals surface area contributed by atoms with Crippen molar-refractivity contribution in [2.75, 3.05) is 40.9 Å². The van der Waals surface area contributed by atoms with Crippen LogP contribution in [0.4, 0.5) is 0 Å². The Morgan fingerprint density at radius 3 is 2.38 bits per heavy atom. The van der Waals surface area contributed by atoms with Crippen molar-refractivity contribution in [2.45, 2.75) is 31.9 Å². The van der Waals surface area contributed by atoms with E-state index < -0.39 is 8.56 Å². The van der Waals surface area contributed by atoms with Gasteiger partial charge >= 0.3 is 8.56 Å². The highest BCUT2D eigenvalue weighted by Gasteiger charge is 2.28. The summed E-state index contributed by atoms with van der Waals surface area (Å²) in [6.45, 7) is 4.77. The summed E-state index contributed by atoms with van der Waals surface area (Å²) >= 11 is 0. The van der Waals surface area contributed by atoms with E-state index in [0.29, 0.717) is 0 Å². The highest BCUT2D eigenvalue weighted by atomic mass is 28.4. The molecule has 0 saturated carbocycles. The van der Waals surface area contributed by atoms with Crippen LogP contribution in [-0.2, 0) is 8.85 Å². The molecular formula is C11H28N2O2Si. The van der Waals surface area contributed by atoms with Crippen LogP contribution in [0.25, 0.3) is 0 Å². The second-order valence-corrected chi connectivity index (χ2v) is 8.05. The average molecular weight is 248 g/mol. The van der Waals surface area contributed by atoms with Crippen LogP contribution in [0, 0.1) is 0 Å². The van der Waals surface area contributed by atoms with Crippen LogP contribution in [0.2, 0.25) is 12.6 Å². The predicted molar refractivity (Wildman–Crippen MR) is 70.8 cm³/mol. The van der Waals surface area contributed by atoms with Crippen molar-refractivity contribution in [1.29, 1.82) is 0 Å². The normalized spacial score (nSPS) is 15.4. The minimum atomic E-state index is -1.92. The predicted octanol–water partition coefficient (Wildman–Crippen LogP) is 1.41. The molecule has 0 fully saturated rings. The summed E-state index contributed by atoms with van der Waals surface area (Å²) in [6, 6.07) is 0.994. The maximum absolute atomic E-state index is 5.91. The van der Waals surface area contributed by atoms with Gasteiger partial charge in [0.15, 0.2) is 0 Å². The molecule has 0 aromatic rings. The molecule has 0 rings (SSSR count). The fourth-order valence-electron chi connectivity index (χ4n) is 1.47. The zero-order valence-electron chi connectivity index (χ0n) is 11.3. The van der Waals surface area contributed by atoms with E-state index in [1.165, 1.54) is 6.42 Å². The average Bonchev–Trinajstić information content (AvgIpc) is 2.25. The van der Waals surface area contributed by atoms with E-state index in [-0.39, 0.29) is 0 Å². The smallest absolute Gasteiger partial charge is 0.334 e. The molecule has 98 valence electrons. The lowest BCUT2D eigenvalue weighted by Gasteiger charge is -2.25. The van der Waals surface area contributed by atoms with Crippen molar-refractivity contribution in [3.05, 3.63) is 0 Å². The third-order valence-corrected chi connectivity index (χ3v) is 5.61. The molecule has 0 aromatic heterocycles. The summed E-state index contributed by atoms with van der Waals surface area (Å²) in [7, 11) is 4.02. The number of hydrogen-bond acceptors (Lipinski definition) is 4. The van der Waals surface area contributed by atoms with Gasteiger partial charge in [-0.25, -0.2) is 0 Å². The zero-order valence-corrected chi connectivity index (χ0v) is 12.3. The van der Waals surface area contributed by atoms with Gasteiger partial charge in [0.2, 0.25) is 0 Å². The molecule has 1 atom stereocenters. The Morgan fingerprint density at radius 2 is 1.88 bits per heavy atom. The molecule has 1 unspecified atom stereocenters. The van der Waals surface area contributed by atoms with Gasteiger partial charge < -0.3 is 19.5 Å². The van der Waals surface area contributed by atoms with Gasteiger partial charge in [-0.05, 0) is 59.0 Å². The van der Waals surface area contributed by atoms with Gasteiger partial charge in [0.1, 0.15) is 0 Å². The molecule has 0 bridgehead atoms. The first-order valence-electron chi connectivity index (χ1n) is 6.08. The molecule has 0 aliphatic carbocycles. The Morgan fingerprint density at radius 1 is 1.19 bits per heavy atom. The van der Waals surface area contributed by atoms with Crippen LogP contribution in [0.1, 0.15) is 19.3 Å². The number of hydrogen-bond donors (Lipinski definition) is 1. The van der Waals surface area contributed by atoms with Crippen LogP contribution in [-0.4, -0.2) is 54.4 Å². The Hall–Kier alpha value is 0.0569. The number of nitrogens with zero attached hydrogens (tertiary/aromatic N) is 1. The summed E-state index contributed by atoms with van der Waals surface area (Å²) in [6.07, 6.45) is 3.28. The van der Waals surface area contributed by atoms with Crippen molar-refractivity contribution >= 4 is 8.56 Å². The van der Waals surface area contributed by atoms with Crippen LogP contribution < -0.4 is 5.73 Å². The molecule has 0 aliphatic rings. The van der Waals surface area contributed by atoms with Crippen molar-refractivity contribution < 1.29 is 8.85 Å². The number of rotatable bonds is 10. The number of unbranched alkanes of at least 4 members (excludes halogenated alkanes) is 1. The molecule has 0 radical (unpaired) electrons. The molecule has 0 amide bonds. The van der Waals surface area contributed by atoms with Gasteiger partial charge in [0.05, 0.1) is 0 Å². The topological polar surface area (TPSA) is 47.7 Å². The van der Waals surface area contributed by atoms with E-state index in [4.69, 9.17) is 14.6 Å². The Labute approximate surface area is 101 Å². The molecule has 2 N–H and O–H groups in total. The van der Waals surface area contributed by atoms with Gasteiger partial charge in [-0.2, -0.15) is 0 Å². The zero-order chi connectivity index (χ0) is 12.4.